The molecule has 2 aromatic carbocycles. The molecule has 1 saturated heterocycles. The van der Waals surface area contributed by atoms with Gasteiger partial charge < -0.3 is 19.9 Å². The standard InChI is InChI=1S/C39H45F4N3O5/c1-21(2)13-33(46-20-30(24-9-11-45(5)12-10-24)31(18-35(46)48)39(41,42)43)37(49)44-32(19-34(47)38(50)51)26-16-25-7-6-8-28(25)29(17-26)36-22(3)14-27(40)15-23(36)4/h14-18,20-21,24,32-33H,6-13,19H2,1-5H3,(H,44,49)(H,50,51)/t32?,33-/m1/s1. The van der Waals surface area contributed by atoms with E-state index in [2.05, 4.69) is 5.32 Å². The predicted molar refractivity (Wildman–Crippen MR) is 185 cm³/mol. The third-order valence-corrected chi connectivity index (χ3v) is 10.3. The van der Waals surface area contributed by atoms with Crippen LogP contribution in [0.5, 0.6) is 0 Å². The molecule has 1 aliphatic heterocycles. The normalized spacial score (nSPS) is 16.6. The summed E-state index contributed by atoms with van der Waals surface area (Å²) in [5.74, 6) is -4.57. The van der Waals surface area contributed by atoms with Crippen molar-refractivity contribution in [2.75, 3.05) is 20.1 Å². The summed E-state index contributed by atoms with van der Waals surface area (Å²) in [6.07, 6.45) is -0.884. The molecule has 8 nitrogen and oxygen atoms in total. The van der Waals surface area contributed by atoms with Gasteiger partial charge in [-0.15, -0.1) is 0 Å². The predicted octanol–water partition coefficient (Wildman–Crippen LogP) is 7.08. The van der Waals surface area contributed by atoms with Crippen molar-refractivity contribution in [1.82, 2.24) is 14.8 Å². The number of amides is 1. The second kappa shape index (κ2) is 15.1. The Morgan fingerprint density at radius 3 is 2.24 bits per heavy atom. The Hall–Kier alpha value is -4.32. The van der Waals surface area contributed by atoms with Crippen molar-refractivity contribution in [3.63, 3.8) is 0 Å². The van der Waals surface area contributed by atoms with Crippen molar-refractivity contribution >= 4 is 17.7 Å². The van der Waals surface area contributed by atoms with Crippen molar-refractivity contribution < 1.29 is 37.1 Å². The molecule has 5 rings (SSSR count). The Morgan fingerprint density at radius 1 is 1.00 bits per heavy atom. The van der Waals surface area contributed by atoms with Crippen LogP contribution in [0.3, 0.4) is 0 Å². The van der Waals surface area contributed by atoms with E-state index in [1.807, 2.05) is 31.9 Å². The highest BCUT2D eigenvalue weighted by Crippen LogP contribution is 2.41. The van der Waals surface area contributed by atoms with Crippen LogP contribution in [0, 0.1) is 25.6 Å². The highest BCUT2D eigenvalue weighted by Gasteiger charge is 2.38. The first-order valence-corrected chi connectivity index (χ1v) is 17.5. The van der Waals surface area contributed by atoms with Crippen LogP contribution in [0.4, 0.5) is 17.6 Å². The van der Waals surface area contributed by atoms with Crippen LogP contribution in [0.2, 0.25) is 0 Å². The summed E-state index contributed by atoms with van der Waals surface area (Å²) >= 11 is 0. The molecule has 1 aliphatic carbocycles. The van der Waals surface area contributed by atoms with Gasteiger partial charge in [0.15, 0.2) is 0 Å². The molecule has 0 bridgehead atoms. The monoisotopic (exact) mass is 711 g/mol. The van der Waals surface area contributed by atoms with Crippen molar-refractivity contribution in [3.05, 3.63) is 91.6 Å². The number of aliphatic carboxylic acids is 1. The lowest BCUT2D eigenvalue weighted by atomic mass is 9.86. The number of halogens is 4. The van der Waals surface area contributed by atoms with Gasteiger partial charge in [0.05, 0.1) is 11.6 Å². The minimum Gasteiger partial charge on any atom is -0.475 e. The summed E-state index contributed by atoms with van der Waals surface area (Å²) in [5, 5.41) is 12.4. The molecule has 3 aromatic rings. The smallest absolute Gasteiger partial charge is 0.416 e. The number of fused-ring (bicyclic) bond motifs is 1. The number of ketones is 1. The molecule has 1 fully saturated rings. The molecule has 0 saturated carbocycles. The van der Waals surface area contributed by atoms with E-state index in [0.29, 0.717) is 55.1 Å². The quantitative estimate of drug-likeness (QED) is 0.163. The number of nitrogens with one attached hydrogen (secondary N) is 1. The lowest BCUT2D eigenvalue weighted by Crippen LogP contribution is -2.41. The number of carboxylic acids is 1. The third kappa shape index (κ3) is 8.43. The maximum atomic E-state index is 14.3. The fourth-order valence-corrected chi connectivity index (χ4v) is 7.77. The van der Waals surface area contributed by atoms with Crippen LogP contribution in [0.25, 0.3) is 11.1 Å². The van der Waals surface area contributed by atoms with Crippen LogP contribution in [0.15, 0.2) is 41.3 Å². The Labute approximate surface area is 294 Å². The first-order valence-electron chi connectivity index (χ1n) is 17.5. The van der Waals surface area contributed by atoms with Gasteiger partial charge in [-0.25, -0.2) is 9.18 Å². The van der Waals surface area contributed by atoms with Crippen molar-refractivity contribution in [2.45, 2.75) is 96.8 Å². The molecule has 2 N–H and O–H groups in total. The highest BCUT2D eigenvalue weighted by molar-refractivity contribution is 6.32. The number of carbonyl (C=O) groups is 3. The average molecular weight is 712 g/mol. The summed E-state index contributed by atoms with van der Waals surface area (Å²) in [5.41, 5.74) is 3.45. The van der Waals surface area contributed by atoms with Crippen molar-refractivity contribution in [1.29, 1.82) is 0 Å². The van der Waals surface area contributed by atoms with E-state index >= 15 is 0 Å². The van der Waals surface area contributed by atoms with Gasteiger partial charge in [-0.1, -0.05) is 19.9 Å². The number of benzene rings is 2. The zero-order valence-electron chi connectivity index (χ0n) is 29.6. The minimum absolute atomic E-state index is 0.0392. The molecule has 2 heterocycles. The zero-order chi connectivity index (χ0) is 37.4. The van der Waals surface area contributed by atoms with Crippen LogP contribution in [0.1, 0.15) is 103 Å². The van der Waals surface area contributed by atoms with E-state index in [0.717, 1.165) is 39.7 Å². The SMILES string of the molecule is Cc1cc(F)cc(C)c1-c1cc(C(CC(=O)C(=O)O)NC(=O)[C@@H](CC(C)C)n2cc(C3CCN(C)CC3)c(C(F)(F)F)cc2=O)cc2c1CCC2. The first kappa shape index (κ1) is 37.9. The summed E-state index contributed by atoms with van der Waals surface area (Å²) in [6.45, 7) is 8.39. The molecule has 2 atom stereocenters. The zero-order valence-corrected chi connectivity index (χ0v) is 29.6. The van der Waals surface area contributed by atoms with E-state index in [4.69, 9.17) is 0 Å². The Kier molecular flexibility index (Phi) is 11.2. The number of Topliss-reactive ketones (excluding diaryl/α,β-unsaturated/α-hetero) is 1. The number of pyridine rings is 1. The molecular weight excluding hydrogens is 666 g/mol. The van der Waals surface area contributed by atoms with Gasteiger partial charge in [-0.2, -0.15) is 13.2 Å². The molecule has 1 aromatic heterocycles. The van der Waals surface area contributed by atoms with E-state index in [1.54, 1.807) is 19.9 Å². The van der Waals surface area contributed by atoms with Crippen molar-refractivity contribution in [3.8, 4) is 11.1 Å². The molecule has 274 valence electrons. The van der Waals surface area contributed by atoms with Gasteiger partial charge in [-0.3, -0.25) is 14.4 Å². The maximum Gasteiger partial charge on any atom is 0.416 e. The molecule has 2 aliphatic rings. The Morgan fingerprint density at radius 2 is 1.65 bits per heavy atom. The summed E-state index contributed by atoms with van der Waals surface area (Å²) in [6, 6.07) is 4.70. The number of nitrogens with zero attached hydrogens (tertiary/aromatic N) is 2. The van der Waals surface area contributed by atoms with E-state index < -0.39 is 59.4 Å². The summed E-state index contributed by atoms with van der Waals surface area (Å²) in [4.78, 5) is 54.3. The molecule has 1 unspecified atom stereocenters. The topological polar surface area (TPSA) is 109 Å². The largest absolute Gasteiger partial charge is 0.475 e. The maximum absolute atomic E-state index is 14.3. The number of aromatic nitrogens is 1. The Balaban J connectivity index is 1.60. The number of piperidine rings is 1. The number of carbonyl (C=O) groups excluding carboxylic acids is 2. The van der Waals surface area contributed by atoms with Crippen LogP contribution < -0.4 is 10.9 Å². The summed E-state index contributed by atoms with van der Waals surface area (Å²) < 4.78 is 58.2. The number of alkyl halides is 3. The molecule has 1 amide bonds. The number of likely N-dealkylation sites (tertiary alicyclic amines) is 1. The number of carboxylic acid groups (broad SMARTS) is 1. The fourth-order valence-electron chi connectivity index (χ4n) is 7.77. The Bertz CT molecular complexity index is 1870. The number of hydrogen-bond acceptors (Lipinski definition) is 5. The van der Waals surface area contributed by atoms with Crippen LogP contribution in [-0.2, 0) is 33.4 Å². The molecule has 0 spiro atoms. The lowest BCUT2D eigenvalue weighted by molar-refractivity contribution is -0.149. The second-order valence-corrected chi connectivity index (χ2v) is 14.6. The second-order valence-electron chi connectivity index (χ2n) is 14.6. The third-order valence-electron chi connectivity index (χ3n) is 10.3. The van der Waals surface area contributed by atoms with Gasteiger partial charge >= 0.3 is 12.1 Å². The highest BCUT2D eigenvalue weighted by atomic mass is 19.4. The van der Waals surface area contributed by atoms with E-state index in [1.165, 1.54) is 18.3 Å². The van der Waals surface area contributed by atoms with Crippen LogP contribution in [-0.4, -0.2) is 52.4 Å². The van der Waals surface area contributed by atoms with Gasteiger partial charge in [0.2, 0.25) is 11.7 Å². The molecular formula is C39H45F4N3O5. The fraction of sp³-hybridized carbons (Fsp3) is 0.487. The number of aryl methyl sites for hydroxylation is 3. The van der Waals surface area contributed by atoms with Gasteiger partial charge in [0.1, 0.15) is 11.9 Å². The molecule has 12 heteroatoms. The van der Waals surface area contributed by atoms with E-state index in [9.17, 15) is 41.8 Å². The van der Waals surface area contributed by atoms with Crippen molar-refractivity contribution in [2.24, 2.45) is 5.92 Å². The molecule has 51 heavy (non-hydrogen) atoms. The van der Waals surface area contributed by atoms with Gasteiger partial charge in [0, 0.05) is 18.7 Å². The number of hydrogen-bond donors (Lipinski definition) is 2. The minimum atomic E-state index is -4.78. The lowest BCUT2D eigenvalue weighted by Gasteiger charge is -2.32. The first-order chi connectivity index (χ1) is 23.9. The number of rotatable bonds is 11. The van der Waals surface area contributed by atoms with E-state index in [-0.39, 0.29) is 23.7 Å². The molecule has 0 radical (unpaired) electrons. The summed E-state index contributed by atoms with van der Waals surface area (Å²) in [7, 11) is 1.89. The van der Waals surface area contributed by atoms with Gasteiger partial charge in [-0.05, 0) is 147 Å². The van der Waals surface area contributed by atoms with Crippen LogP contribution >= 0.6 is 0 Å². The van der Waals surface area contributed by atoms with Gasteiger partial charge in [0.25, 0.3) is 5.56 Å². The average Bonchev–Trinajstić information content (AvgIpc) is 3.52.